The number of hydrogen-bond acceptors (Lipinski definition) is 6. The molecule has 7 aromatic rings. The fourth-order valence-corrected chi connectivity index (χ4v) is 6.58. The van der Waals surface area contributed by atoms with E-state index in [1.54, 1.807) is 0 Å². The zero-order chi connectivity index (χ0) is 31.4. The Morgan fingerprint density at radius 2 is 1.11 bits per heavy atom. The average molecular weight is 595 g/mol. The SMILES string of the molecule is C/C=C\c1c(CC)c(-c2c(O)c(O)c(O)c(O)c2O)c2ccccc2c1-c1ccc(-c2cccc3oc4ccccc4c23)cc1. The molecule has 0 saturated carbocycles. The van der Waals surface area contributed by atoms with E-state index in [2.05, 4.69) is 36.4 Å². The van der Waals surface area contributed by atoms with E-state index < -0.39 is 28.7 Å². The number of fused-ring (bicyclic) bond motifs is 4. The van der Waals surface area contributed by atoms with Crippen LogP contribution in [0.4, 0.5) is 0 Å². The van der Waals surface area contributed by atoms with E-state index in [1.165, 1.54) is 0 Å². The molecule has 0 aliphatic heterocycles. The molecule has 6 heteroatoms. The summed E-state index contributed by atoms with van der Waals surface area (Å²) in [6.45, 7) is 3.89. The molecule has 7 rings (SSSR count). The van der Waals surface area contributed by atoms with Crippen molar-refractivity contribution in [1.82, 2.24) is 0 Å². The Kier molecular flexibility index (Phi) is 6.63. The molecule has 6 nitrogen and oxygen atoms in total. The molecule has 0 unspecified atom stereocenters. The Balaban J connectivity index is 1.49. The Morgan fingerprint density at radius 1 is 0.556 bits per heavy atom. The van der Waals surface area contributed by atoms with Gasteiger partial charge in [-0.05, 0) is 69.6 Å². The third-order valence-electron chi connectivity index (χ3n) is 8.56. The molecule has 0 amide bonds. The fraction of sp³-hybridized carbons (Fsp3) is 0.0769. The Morgan fingerprint density at radius 3 is 1.76 bits per heavy atom. The van der Waals surface area contributed by atoms with Gasteiger partial charge in [0.1, 0.15) is 11.2 Å². The van der Waals surface area contributed by atoms with Gasteiger partial charge in [0.15, 0.2) is 11.5 Å². The maximum Gasteiger partial charge on any atom is 0.208 e. The highest BCUT2D eigenvalue weighted by molar-refractivity contribution is 6.14. The maximum absolute atomic E-state index is 11.0. The van der Waals surface area contributed by atoms with Gasteiger partial charge in [-0.1, -0.05) is 97.9 Å². The van der Waals surface area contributed by atoms with Crippen molar-refractivity contribution in [2.75, 3.05) is 0 Å². The minimum absolute atomic E-state index is 0.149. The van der Waals surface area contributed by atoms with Crippen molar-refractivity contribution < 1.29 is 29.9 Å². The quantitative estimate of drug-likeness (QED) is 0.100. The van der Waals surface area contributed by atoms with Gasteiger partial charge in [0.05, 0.1) is 5.56 Å². The molecule has 0 aliphatic rings. The van der Waals surface area contributed by atoms with E-state index >= 15 is 0 Å². The van der Waals surface area contributed by atoms with Crippen LogP contribution in [-0.4, -0.2) is 25.5 Å². The highest BCUT2D eigenvalue weighted by Crippen LogP contribution is 2.57. The predicted octanol–water partition coefficient (Wildman–Crippen LogP) is 9.86. The van der Waals surface area contributed by atoms with E-state index in [4.69, 9.17) is 4.42 Å². The van der Waals surface area contributed by atoms with Gasteiger partial charge in [-0.3, -0.25) is 0 Å². The minimum Gasteiger partial charge on any atom is -0.504 e. The molecular weight excluding hydrogens is 564 g/mol. The number of benzene rings is 6. The monoisotopic (exact) mass is 594 g/mol. The second-order valence-electron chi connectivity index (χ2n) is 11.0. The van der Waals surface area contributed by atoms with Crippen LogP contribution in [0.3, 0.4) is 0 Å². The van der Waals surface area contributed by atoms with Gasteiger partial charge >= 0.3 is 0 Å². The van der Waals surface area contributed by atoms with Gasteiger partial charge in [0, 0.05) is 16.3 Å². The summed E-state index contributed by atoms with van der Waals surface area (Å²) < 4.78 is 6.12. The van der Waals surface area contributed by atoms with Crippen LogP contribution < -0.4 is 0 Å². The smallest absolute Gasteiger partial charge is 0.208 e. The average Bonchev–Trinajstić information content (AvgIpc) is 3.46. The number of allylic oxidation sites excluding steroid dienone is 1. The topological polar surface area (TPSA) is 114 Å². The van der Waals surface area contributed by atoms with Crippen molar-refractivity contribution in [3.05, 3.63) is 108 Å². The number of phenolic OH excluding ortho intramolecular Hbond substituents is 5. The summed E-state index contributed by atoms with van der Waals surface area (Å²) in [6.07, 6.45) is 4.42. The first-order chi connectivity index (χ1) is 21.8. The van der Waals surface area contributed by atoms with E-state index in [-0.39, 0.29) is 5.56 Å². The molecule has 1 aromatic heterocycles. The molecule has 222 valence electrons. The largest absolute Gasteiger partial charge is 0.504 e. The van der Waals surface area contributed by atoms with Crippen LogP contribution >= 0.6 is 0 Å². The highest BCUT2D eigenvalue weighted by Gasteiger charge is 2.29. The van der Waals surface area contributed by atoms with Crippen LogP contribution in [-0.2, 0) is 6.42 Å². The van der Waals surface area contributed by atoms with Crippen LogP contribution in [0, 0.1) is 0 Å². The van der Waals surface area contributed by atoms with Gasteiger partial charge < -0.3 is 29.9 Å². The number of furan rings is 1. The van der Waals surface area contributed by atoms with Crippen molar-refractivity contribution in [3.8, 4) is 62.1 Å². The summed E-state index contributed by atoms with van der Waals surface area (Å²) in [4.78, 5) is 0. The summed E-state index contributed by atoms with van der Waals surface area (Å²) in [5.41, 5.74) is 7.71. The molecule has 0 aliphatic carbocycles. The highest BCUT2D eigenvalue weighted by atomic mass is 16.4. The van der Waals surface area contributed by atoms with Gasteiger partial charge in [-0.2, -0.15) is 0 Å². The zero-order valence-electron chi connectivity index (χ0n) is 24.7. The number of aromatic hydroxyl groups is 5. The van der Waals surface area contributed by atoms with E-state index in [0.717, 1.165) is 60.7 Å². The summed E-state index contributed by atoms with van der Waals surface area (Å²) >= 11 is 0. The van der Waals surface area contributed by atoms with Crippen molar-refractivity contribution >= 4 is 38.8 Å². The molecule has 0 atom stereocenters. The number of phenols is 5. The summed E-state index contributed by atoms with van der Waals surface area (Å²) in [5.74, 6) is -4.22. The Hall–Kier alpha value is -5.88. The predicted molar refractivity (Wildman–Crippen MR) is 180 cm³/mol. The molecule has 1 heterocycles. The summed E-state index contributed by atoms with van der Waals surface area (Å²) in [6, 6.07) is 30.2. The van der Waals surface area contributed by atoms with Gasteiger partial charge in [0.2, 0.25) is 17.2 Å². The lowest BCUT2D eigenvalue weighted by molar-refractivity contribution is 0.330. The first-order valence-corrected chi connectivity index (χ1v) is 14.8. The molecule has 5 N–H and O–H groups in total. The molecule has 0 fully saturated rings. The van der Waals surface area contributed by atoms with Crippen LogP contribution in [0.1, 0.15) is 25.0 Å². The van der Waals surface area contributed by atoms with E-state index in [9.17, 15) is 25.5 Å². The van der Waals surface area contributed by atoms with Crippen LogP contribution in [0.15, 0.2) is 101 Å². The second kappa shape index (κ2) is 10.7. The van der Waals surface area contributed by atoms with Gasteiger partial charge in [-0.25, -0.2) is 0 Å². The van der Waals surface area contributed by atoms with Gasteiger partial charge in [0.25, 0.3) is 0 Å². The fourth-order valence-electron chi connectivity index (χ4n) is 6.58. The van der Waals surface area contributed by atoms with Crippen molar-refractivity contribution in [2.45, 2.75) is 20.3 Å². The lowest BCUT2D eigenvalue weighted by Crippen LogP contribution is -2.00. The van der Waals surface area contributed by atoms with Gasteiger partial charge in [-0.15, -0.1) is 0 Å². The third kappa shape index (κ3) is 4.18. The molecule has 0 bridgehead atoms. The van der Waals surface area contributed by atoms with E-state index in [1.807, 2.05) is 80.6 Å². The Bertz CT molecular complexity index is 2280. The number of rotatable bonds is 5. The number of para-hydroxylation sites is 1. The molecule has 0 saturated heterocycles. The third-order valence-corrected chi connectivity index (χ3v) is 8.56. The number of hydrogen-bond donors (Lipinski definition) is 5. The second-order valence-corrected chi connectivity index (χ2v) is 11.0. The zero-order valence-corrected chi connectivity index (χ0v) is 24.7. The van der Waals surface area contributed by atoms with Crippen LogP contribution in [0.5, 0.6) is 28.7 Å². The molecule has 6 aromatic carbocycles. The molecule has 0 spiro atoms. The Labute approximate surface area is 259 Å². The summed E-state index contributed by atoms with van der Waals surface area (Å²) in [7, 11) is 0. The summed E-state index contributed by atoms with van der Waals surface area (Å²) in [5, 5.41) is 56.6. The maximum atomic E-state index is 11.0. The van der Waals surface area contributed by atoms with Crippen LogP contribution in [0.2, 0.25) is 0 Å². The molecule has 45 heavy (non-hydrogen) atoms. The molecular formula is C39H30O6. The first-order valence-electron chi connectivity index (χ1n) is 14.8. The van der Waals surface area contributed by atoms with Crippen molar-refractivity contribution in [2.24, 2.45) is 0 Å². The lowest BCUT2D eigenvalue weighted by Gasteiger charge is -2.23. The van der Waals surface area contributed by atoms with Crippen LogP contribution in [0.25, 0.3) is 72.2 Å². The van der Waals surface area contributed by atoms with Crippen molar-refractivity contribution in [3.63, 3.8) is 0 Å². The normalized spacial score (nSPS) is 11.8. The van der Waals surface area contributed by atoms with E-state index in [0.29, 0.717) is 17.4 Å². The molecule has 0 radical (unpaired) electrons. The first kappa shape index (κ1) is 27.9. The van der Waals surface area contributed by atoms with Crippen molar-refractivity contribution in [1.29, 1.82) is 0 Å². The standard InChI is InChI=1S/C39H30O6/c1-3-10-25-23(4-2)33(34-35(40)37(42)39(44)38(43)36(34)41)27-12-6-5-11-26(27)31(25)22-19-17-21(18-20-22)24-14-9-16-30-32(24)28-13-7-8-15-29(28)45-30/h3,5-20,40-44H,4H2,1-2H3/b10-3-. The lowest BCUT2D eigenvalue weighted by atomic mass is 9.81. The minimum atomic E-state index is -0.986.